The number of halogens is 2. The van der Waals surface area contributed by atoms with Crippen molar-refractivity contribution in [2.75, 3.05) is 20.1 Å². The van der Waals surface area contributed by atoms with E-state index in [1.165, 1.54) is 3.97 Å². The van der Waals surface area contributed by atoms with Crippen LogP contribution in [0.15, 0.2) is 58.6 Å². The Bertz CT molecular complexity index is 1230. The first-order valence-corrected chi connectivity index (χ1v) is 11.6. The molecule has 0 fully saturated rings. The molecule has 152 valence electrons. The zero-order valence-corrected chi connectivity index (χ0v) is 18.8. The molecule has 29 heavy (non-hydrogen) atoms. The van der Waals surface area contributed by atoms with Crippen LogP contribution in [0.25, 0.3) is 16.5 Å². The molecule has 1 aromatic heterocycles. The highest BCUT2D eigenvalue weighted by Crippen LogP contribution is 2.38. The van der Waals surface area contributed by atoms with Crippen LogP contribution in [0.4, 0.5) is 0 Å². The number of benzene rings is 2. The lowest BCUT2D eigenvalue weighted by molar-refractivity contribution is 0.436. The first kappa shape index (κ1) is 20.5. The van der Waals surface area contributed by atoms with Crippen LogP contribution in [0.5, 0.6) is 0 Å². The Morgan fingerprint density at radius 3 is 2.28 bits per heavy atom. The Morgan fingerprint density at radius 2 is 1.69 bits per heavy atom. The average Bonchev–Trinajstić information content (AvgIpc) is 3.22. The summed E-state index contributed by atoms with van der Waals surface area (Å²) in [6, 6.07) is 12.4. The van der Waals surface area contributed by atoms with E-state index in [-0.39, 0.29) is 4.90 Å². The predicted molar refractivity (Wildman–Crippen MR) is 120 cm³/mol. The smallest absolute Gasteiger partial charge is 0.268 e. The van der Waals surface area contributed by atoms with E-state index in [9.17, 15) is 8.42 Å². The summed E-state index contributed by atoms with van der Waals surface area (Å²) in [6.07, 6.45) is 1.65. The van der Waals surface area contributed by atoms with Gasteiger partial charge in [-0.05, 0) is 48.4 Å². The second-order valence-corrected chi connectivity index (χ2v) is 10.4. The number of hydrogen-bond acceptors (Lipinski definition) is 3. The quantitative estimate of drug-likeness (QED) is 0.525. The fraction of sp³-hybridized carbons (Fsp3) is 0.273. The Kier molecular flexibility index (Phi) is 5.28. The van der Waals surface area contributed by atoms with Crippen LogP contribution in [-0.4, -0.2) is 37.4 Å². The van der Waals surface area contributed by atoms with Gasteiger partial charge in [0.15, 0.2) is 0 Å². The van der Waals surface area contributed by atoms with Crippen molar-refractivity contribution >= 4 is 49.7 Å². The lowest BCUT2D eigenvalue weighted by atomic mass is 10.0. The Balaban J connectivity index is 1.93. The van der Waals surface area contributed by atoms with E-state index < -0.39 is 10.0 Å². The van der Waals surface area contributed by atoms with Crippen molar-refractivity contribution in [2.24, 2.45) is 0 Å². The first-order valence-electron chi connectivity index (χ1n) is 9.41. The molecule has 0 N–H and O–H groups in total. The summed E-state index contributed by atoms with van der Waals surface area (Å²) in [5.41, 5.74) is 3.32. The van der Waals surface area contributed by atoms with E-state index in [1.807, 2.05) is 19.2 Å². The van der Waals surface area contributed by atoms with Gasteiger partial charge in [-0.3, -0.25) is 4.90 Å². The van der Waals surface area contributed by atoms with Gasteiger partial charge >= 0.3 is 0 Å². The van der Waals surface area contributed by atoms with Crippen LogP contribution < -0.4 is 0 Å². The summed E-state index contributed by atoms with van der Waals surface area (Å²) in [7, 11) is -1.81. The van der Waals surface area contributed by atoms with Crippen LogP contribution >= 0.6 is 23.2 Å². The maximum Gasteiger partial charge on any atom is 0.268 e. The highest BCUT2D eigenvalue weighted by atomic mass is 35.5. The Morgan fingerprint density at radius 1 is 1.00 bits per heavy atom. The zero-order chi connectivity index (χ0) is 20.9. The third-order valence-corrected chi connectivity index (χ3v) is 7.69. The topological polar surface area (TPSA) is 42.3 Å². The van der Waals surface area contributed by atoms with Crippen molar-refractivity contribution < 1.29 is 8.42 Å². The van der Waals surface area contributed by atoms with E-state index in [1.54, 1.807) is 36.5 Å². The minimum absolute atomic E-state index is 0.244. The van der Waals surface area contributed by atoms with Crippen LogP contribution in [-0.2, 0) is 10.0 Å². The first-order chi connectivity index (χ1) is 13.7. The van der Waals surface area contributed by atoms with Gasteiger partial charge in [-0.2, -0.15) is 0 Å². The lowest BCUT2D eigenvalue weighted by Gasteiger charge is -2.10. The standard InChI is InChI=1S/C22H22Cl2N2O2S/c1-14(2)15-7-9-16(10-8-15)29(27,28)26-12-18(17-11-25(3)13-20(17)24)22-19(23)5-4-6-21(22)26/h4-10,12,14H,11,13H2,1-3H3. The third-order valence-electron chi connectivity index (χ3n) is 5.34. The fourth-order valence-electron chi connectivity index (χ4n) is 3.76. The van der Waals surface area contributed by atoms with Gasteiger partial charge in [0, 0.05) is 35.3 Å². The molecule has 0 bridgehead atoms. The SMILES string of the molecule is CC(C)c1ccc(S(=O)(=O)n2cc(C3=C(Cl)CN(C)C3)c3c(Cl)cccc32)cc1. The summed E-state index contributed by atoms with van der Waals surface area (Å²) < 4.78 is 28.3. The monoisotopic (exact) mass is 448 g/mol. The van der Waals surface area contributed by atoms with Crippen LogP contribution in [0, 0.1) is 0 Å². The molecule has 0 unspecified atom stereocenters. The molecule has 0 atom stereocenters. The van der Waals surface area contributed by atoms with Crippen molar-refractivity contribution in [1.82, 2.24) is 8.87 Å². The highest BCUT2D eigenvalue weighted by Gasteiger charge is 2.27. The van der Waals surface area contributed by atoms with Crippen molar-refractivity contribution in [1.29, 1.82) is 0 Å². The number of fused-ring (bicyclic) bond motifs is 1. The van der Waals surface area contributed by atoms with Gasteiger partial charge in [0.25, 0.3) is 10.0 Å². The molecule has 2 heterocycles. The predicted octanol–water partition coefficient (Wildman–Crippen LogP) is 5.55. The molecule has 0 saturated heterocycles. The second-order valence-electron chi connectivity index (χ2n) is 7.76. The lowest BCUT2D eigenvalue weighted by Crippen LogP contribution is -2.14. The van der Waals surface area contributed by atoms with Crippen molar-refractivity contribution in [3.63, 3.8) is 0 Å². The number of aromatic nitrogens is 1. The molecule has 1 aliphatic heterocycles. The fourth-order valence-corrected chi connectivity index (χ4v) is 5.75. The summed E-state index contributed by atoms with van der Waals surface area (Å²) in [4.78, 5) is 2.32. The maximum atomic E-state index is 13.5. The van der Waals surface area contributed by atoms with E-state index in [4.69, 9.17) is 23.2 Å². The highest BCUT2D eigenvalue weighted by molar-refractivity contribution is 7.90. The maximum absolute atomic E-state index is 13.5. The van der Waals surface area contributed by atoms with Gasteiger partial charge in [-0.1, -0.05) is 55.2 Å². The van der Waals surface area contributed by atoms with Gasteiger partial charge in [-0.15, -0.1) is 0 Å². The number of hydrogen-bond donors (Lipinski definition) is 0. The van der Waals surface area contributed by atoms with Gasteiger partial charge < -0.3 is 0 Å². The molecule has 0 amide bonds. The number of nitrogens with zero attached hydrogens (tertiary/aromatic N) is 2. The molecule has 0 aliphatic carbocycles. The zero-order valence-electron chi connectivity index (χ0n) is 16.5. The van der Waals surface area contributed by atoms with Crippen molar-refractivity contribution in [3.05, 3.63) is 69.8 Å². The Labute approximate surface area is 181 Å². The molecule has 0 saturated carbocycles. The van der Waals surface area contributed by atoms with Gasteiger partial charge in [-0.25, -0.2) is 12.4 Å². The minimum Gasteiger partial charge on any atom is -0.297 e. The van der Waals surface area contributed by atoms with Crippen molar-refractivity contribution in [2.45, 2.75) is 24.7 Å². The molecule has 0 spiro atoms. The molecule has 3 aromatic rings. The van der Waals surface area contributed by atoms with E-state index in [0.717, 1.165) is 16.7 Å². The normalized spacial score (nSPS) is 15.8. The van der Waals surface area contributed by atoms with Gasteiger partial charge in [0.05, 0.1) is 15.4 Å². The molecule has 4 rings (SSSR count). The third kappa shape index (κ3) is 3.50. The van der Waals surface area contributed by atoms with Gasteiger partial charge in [0.1, 0.15) is 0 Å². The molecule has 0 radical (unpaired) electrons. The summed E-state index contributed by atoms with van der Waals surface area (Å²) in [6.45, 7) is 5.43. The molecular weight excluding hydrogens is 427 g/mol. The molecule has 4 nitrogen and oxygen atoms in total. The summed E-state index contributed by atoms with van der Waals surface area (Å²) in [5.74, 6) is 0.331. The second kappa shape index (κ2) is 7.47. The number of likely N-dealkylation sites (N-methyl/N-ethyl adjacent to an activating group) is 1. The van der Waals surface area contributed by atoms with Crippen LogP contribution in [0.3, 0.4) is 0 Å². The van der Waals surface area contributed by atoms with Crippen LogP contribution in [0.1, 0.15) is 30.9 Å². The van der Waals surface area contributed by atoms with Crippen molar-refractivity contribution in [3.8, 4) is 0 Å². The number of rotatable bonds is 4. The summed E-state index contributed by atoms with van der Waals surface area (Å²) >= 11 is 13.0. The summed E-state index contributed by atoms with van der Waals surface area (Å²) in [5, 5.41) is 1.93. The van der Waals surface area contributed by atoms with E-state index in [0.29, 0.717) is 40.0 Å². The molecular formula is C22H22Cl2N2O2S. The average molecular weight is 449 g/mol. The minimum atomic E-state index is -3.79. The van der Waals surface area contributed by atoms with Gasteiger partial charge in [0.2, 0.25) is 0 Å². The molecule has 1 aliphatic rings. The Hall–Kier alpha value is -1.79. The van der Waals surface area contributed by atoms with E-state index >= 15 is 0 Å². The molecule has 2 aromatic carbocycles. The molecule has 7 heteroatoms. The van der Waals surface area contributed by atoms with E-state index in [2.05, 4.69) is 18.7 Å². The van der Waals surface area contributed by atoms with Crippen LogP contribution in [0.2, 0.25) is 5.02 Å². The largest absolute Gasteiger partial charge is 0.297 e.